The van der Waals surface area contributed by atoms with Gasteiger partial charge in [0.25, 0.3) is 0 Å². The fraction of sp³-hybridized carbons (Fsp3) is 1.00. The predicted octanol–water partition coefficient (Wildman–Crippen LogP) is 0.317. The zero-order valence-corrected chi connectivity index (χ0v) is 8.57. The van der Waals surface area contributed by atoms with Crippen LogP contribution in [0.3, 0.4) is 0 Å². The molecule has 0 aromatic heterocycles. The molecule has 0 fully saturated rings. The number of phosphoric acid groups is 1. The molecular weight excluding hydrogens is 233 g/mol. The second kappa shape index (κ2) is 4.13. The number of rotatable bonds is 4. The van der Waals surface area contributed by atoms with E-state index < -0.39 is 23.7 Å². The van der Waals surface area contributed by atoms with Crippen molar-refractivity contribution in [3.63, 3.8) is 0 Å². The average molecular weight is 240 g/mol. The van der Waals surface area contributed by atoms with Gasteiger partial charge in [-0.05, 0) is 0 Å². The van der Waals surface area contributed by atoms with Crippen molar-refractivity contribution in [2.24, 2.45) is 0 Å². The first-order chi connectivity index (χ1) is 5.12. The molecule has 0 heterocycles. The summed E-state index contributed by atoms with van der Waals surface area (Å²) in [5, 5.41) is 0. The summed E-state index contributed by atoms with van der Waals surface area (Å²) in [5.41, 5.74) is 0. The first-order valence-corrected chi connectivity index (χ1v) is 7.18. The van der Waals surface area contributed by atoms with E-state index in [0.29, 0.717) is 6.66 Å². The highest BCUT2D eigenvalue weighted by Crippen LogP contribution is 2.61. The fourth-order valence-electron chi connectivity index (χ4n) is 0.307. The second-order valence-electron chi connectivity index (χ2n) is 1.71. The Morgan fingerprint density at radius 3 is 2.00 bits per heavy atom. The van der Waals surface area contributed by atoms with Crippen molar-refractivity contribution in [2.75, 3.05) is 6.66 Å². The molecule has 0 bridgehead atoms. The van der Waals surface area contributed by atoms with Crippen LogP contribution in [-0.2, 0) is 22.3 Å². The minimum Gasteiger partial charge on any atom is -0.326 e. The molecule has 12 heavy (non-hydrogen) atoms. The standard InChI is InChI=1S/CH7O8P3/c1-11(4,5)9-12(6,7)8-10(2)3/h10H,1H3,(H,2,3)(H,4,5)(H,6,7). The topological polar surface area (TPSA) is 130 Å². The van der Waals surface area contributed by atoms with E-state index in [4.69, 9.17) is 14.7 Å². The van der Waals surface area contributed by atoms with E-state index in [1.807, 2.05) is 0 Å². The molecule has 74 valence electrons. The molecule has 0 aliphatic rings. The lowest BCUT2D eigenvalue weighted by Crippen LogP contribution is -1.87. The van der Waals surface area contributed by atoms with E-state index >= 15 is 0 Å². The van der Waals surface area contributed by atoms with E-state index in [-0.39, 0.29) is 0 Å². The van der Waals surface area contributed by atoms with Gasteiger partial charge in [0, 0.05) is 6.66 Å². The Balaban J connectivity index is 4.35. The minimum atomic E-state index is -4.90. The van der Waals surface area contributed by atoms with Crippen LogP contribution in [-0.4, -0.2) is 21.3 Å². The summed E-state index contributed by atoms with van der Waals surface area (Å²) in [7, 11) is -12.8. The molecule has 0 rings (SSSR count). The normalized spacial score (nSPS) is 24.0. The third kappa shape index (κ3) is 7.16. The van der Waals surface area contributed by atoms with Gasteiger partial charge in [0.15, 0.2) is 0 Å². The summed E-state index contributed by atoms with van der Waals surface area (Å²) < 4.78 is 37.8. The van der Waals surface area contributed by atoms with Gasteiger partial charge >= 0.3 is 23.7 Å². The highest BCUT2D eigenvalue weighted by molar-refractivity contribution is 7.66. The lowest BCUT2D eigenvalue weighted by atomic mass is 12.0. The predicted molar refractivity (Wildman–Crippen MR) is 39.0 cm³/mol. The molecule has 8 nitrogen and oxygen atoms in total. The van der Waals surface area contributed by atoms with Gasteiger partial charge in [-0.3, -0.25) is 9.13 Å². The van der Waals surface area contributed by atoms with Crippen LogP contribution in [0.5, 0.6) is 0 Å². The van der Waals surface area contributed by atoms with Crippen molar-refractivity contribution in [2.45, 2.75) is 0 Å². The molecule has 3 N–H and O–H groups in total. The SMILES string of the molecule is CP(=O)(O)OP(=O)(O)O[PH](=O)O. The smallest absolute Gasteiger partial charge is 0.326 e. The van der Waals surface area contributed by atoms with Crippen molar-refractivity contribution >= 4 is 23.7 Å². The van der Waals surface area contributed by atoms with Crippen molar-refractivity contribution in [1.29, 1.82) is 0 Å². The van der Waals surface area contributed by atoms with Crippen LogP contribution < -0.4 is 0 Å². The van der Waals surface area contributed by atoms with Gasteiger partial charge < -0.3 is 14.7 Å². The first-order valence-electron chi connectivity index (χ1n) is 2.39. The molecule has 0 aromatic carbocycles. The molecule has 0 saturated carbocycles. The Labute approximate surface area is 68.2 Å². The van der Waals surface area contributed by atoms with Crippen molar-refractivity contribution < 1.29 is 37.0 Å². The van der Waals surface area contributed by atoms with Gasteiger partial charge in [-0.25, -0.2) is 13.2 Å². The van der Waals surface area contributed by atoms with Crippen LogP contribution in [0.2, 0.25) is 0 Å². The van der Waals surface area contributed by atoms with Crippen molar-refractivity contribution in [1.82, 2.24) is 0 Å². The maximum atomic E-state index is 10.5. The molecule has 0 amide bonds. The number of hydrogen-bond acceptors (Lipinski definition) is 5. The second-order valence-corrected chi connectivity index (χ2v) is 6.17. The summed E-state index contributed by atoms with van der Waals surface area (Å²) in [4.78, 5) is 24.9. The van der Waals surface area contributed by atoms with E-state index in [9.17, 15) is 13.7 Å². The van der Waals surface area contributed by atoms with E-state index in [1.165, 1.54) is 0 Å². The Morgan fingerprint density at radius 2 is 1.75 bits per heavy atom. The third-order valence-corrected chi connectivity index (χ3v) is 4.03. The zero-order valence-electron chi connectivity index (χ0n) is 5.78. The monoisotopic (exact) mass is 240 g/mol. The highest BCUT2D eigenvalue weighted by Gasteiger charge is 2.31. The van der Waals surface area contributed by atoms with Gasteiger partial charge in [0.1, 0.15) is 0 Å². The maximum absolute atomic E-state index is 10.5. The Bertz CT molecular complexity index is 261. The van der Waals surface area contributed by atoms with Gasteiger partial charge in [0.05, 0.1) is 0 Å². The average Bonchev–Trinajstić information content (AvgIpc) is 1.48. The highest BCUT2D eigenvalue weighted by atomic mass is 31.3. The van der Waals surface area contributed by atoms with Crippen LogP contribution in [0.1, 0.15) is 0 Å². The summed E-state index contributed by atoms with van der Waals surface area (Å²) in [6.45, 7) is 0.633. The van der Waals surface area contributed by atoms with Crippen LogP contribution in [0, 0.1) is 0 Å². The van der Waals surface area contributed by atoms with Gasteiger partial charge in [-0.1, -0.05) is 0 Å². The van der Waals surface area contributed by atoms with E-state index in [0.717, 1.165) is 0 Å². The van der Waals surface area contributed by atoms with Crippen molar-refractivity contribution in [3.8, 4) is 0 Å². The zero-order chi connectivity index (χ0) is 9.99. The molecule has 0 aliphatic carbocycles. The van der Waals surface area contributed by atoms with Crippen LogP contribution >= 0.6 is 23.7 Å². The Morgan fingerprint density at radius 1 is 1.33 bits per heavy atom. The lowest BCUT2D eigenvalue weighted by Gasteiger charge is -2.10. The molecule has 0 aromatic rings. The van der Waals surface area contributed by atoms with E-state index in [2.05, 4.69) is 8.62 Å². The molecule has 0 aliphatic heterocycles. The lowest BCUT2D eigenvalue weighted by molar-refractivity contribution is 0.265. The Hall–Kier alpha value is 0.490. The largest absolute Gasteiger partial charge is 0.486 e. The van der Waals surface area contributed by atoms with Gasteiger partial charge in [0.2, 0.25) is 0 Å². The van der Waals surface area contributed by atoms with Crippen molar-refractivity contribution in [3.05, 3.63) is 0 Å². The molecule has 3 atom stereocenters. The minimum absolute atomic E-state index is 0.633. The Kier molecular flexibility index (Phi) is 4.30. The molecule has 0 radical (unpaired) electrons. The van der Waals surface area contributed by atoms with Gasteiger partial charge in [-0.15, -0.1) is 0 Å². The summed E-state index contributed by atoms with van der Waals surface area (Å²) in [6, 6.07) is 0. The number of hydrogen-bond donors (Lipinski definition) is 3. The molecule has 11 heteroatoms. The molecular formula is CH7O8P3. The third-order valence-electron chi connectivity index (χ3n) is 0.448. The molecule has 3 unspecified atom stereocenters. The summed E-state index contributed by atoms with van der Waals surface area (Å²) >= 11 is 0. The summed E-state index contributed by atoms with van der Waals surface area (Å²) in [5.74, 6) is 0. The van der Waals surface area contributed by atoms with Crippen LogP contribution in [0.4, 0.5) is 0 Å². The fourth-order valence-corrected chi connectivity index (χ4v) is 3.06. The maximum Gasteiger partial charge on any atom is 0.486 e. The van der Waals surface area contributed by atoms with Gasteiger partial charge in [-0.2, -0.15) is 0 Å². The van der Waals surface area contributed by atoms with Crippen LogP contribution in [0.15, 0.2) is 0 Å². The quantitative estimate of drug-likeness (QED) is 0.598. The van der Waals surface area contributed by atoms with Crippen LogP contribution in [0.25, 0.3) is 0 Å². The first kappa shape index (κ1) is 12.5. The molecule has 0 saturated heterocycles. The summed E-state index contributed by atoms with van der Waals surface area (Å²) in [6.07, 6.45) is 0. The van der Waals surface area contributed by atoms with E-state index in [1.54, 1.807) is 0 Å². The molecule has 0 spiro atoms.